The molecule has 19 heavy (non-hydrogen) atoms. The number of carboxylic acid groups (broad SMARTS) is 1. The number of allylic oxidation sites excluding steroid dienone is 2. The van der Waals surface area contributed by atoms with E-state index in [1.807, 2.05) is 6.08 Å². The van der Waals surface area contributed by atoms with Gasteiger partial charge in [-0.2, -0.15) is 0 Å². The average Bonchev–Trinajstić information content (AvgIpc) is 2.46. The lowest BCUT2D eigenvalue weighted by molar-refractivity contribution is -0.143. The molecule has 0 amide bonds. The maximum Gasteiger partial charge on any atom is 0.306 e. The van der Waals surface area contributed by atoms with Crippen LogP contribution in [0, 0.1) is 17.8 Å². The molecule has 3 nitrogen and oxygen atoms in total. The van der Waals surface area contributed by atoms with Gasteiger partial charge in [0.25, 0.3) is 0 Å². The summed E-state index contributed by atoms with van der Waals surface area (Å²) >= 11 is 0. The topological polar surface area (TPSA) is 54.4 Å². The zero-order chi connectivity index (χ0) is 13.7. The molecule has 0 aliphatic heterocycles. The van der Waals surface area contributed by atoms with Crippen molar-refractivity contribution < 1.29 is 14.7 Å². The van der Waals surface area contributed by atoms with Crippen molar-refractivity contribution in [2.75, 3.05) is 0 Å². The van der Waals surface area contributed by atoms with Gasteiger partial charge in [-0.15, -0.1) is 0 Å². The van der Waals surface area contributed by atoms with Crippen LogP contribution >= 0.6 is 0 Å². The Bertz CT molecular complexity index is 345. The lowest BCUT2D eigenvalue weighted by Crippen LogP contribution is -2.21. The van der Waals surface area contributed by atoms with Crippen LogP contribution in [0.25, 0.3) is 0 Å². The van der Waals surface area contributed by atoms with Crippen LogP contribution in [0.1, 0.15) is 57.8 Å². The molecule has 2 rings (SSSR count). The summed E-state index contributed by atoms with van der Waals surface area (Å²) in [5.41, 5.74) is 0. The smallest absolute Gasteiger partial charge is 0.306 e. The van der Waals surface area contributed by atoms with Gasteiger partial charge in [-0.05, 0) is 50.5 Å². The maximum absolute atomic E-state index is 12.0. The van der Waals surface area contributed by atoms with E-state index < -0.39 is 5.97 Å². The van der Waals surface area contributed by atoms with E-state index in [1.165, 1.54) is 19.3 Å². The van der Waals surface area contributed by atoms with Gasteiger partial charge in [0, 0.05) is 5.92 Å². The third kappa shape index (κ3) is 4.19. The highest BCUT2D eigenvalue weighted by Gasteiger charge is 2.25. The predicted octanol–water partition coefficient (Wildman–Crippen LogP) is 3.58. The number of rotatable bonds is 4. The van der Waals surface area contributed by atoms with E-state index in [4.69, 9.17) is 5.11 Å². The van der Waals surface area contributed by atoms with Gasteiger partial charge in [-0.1, -0.05) is 25.3 Å². The number of hydrogen-bond acceptors (Lipinski definition) is 2. The molecule has 0 bridgehead atoms. The fourth-order valence-electron chi connectivity index (χ4n) is 3.31. The molecule has 0 heterocycles. The van der Waals surface area contributed by atoms with Crippen LogP contribution in [0.5, 0.6) is 0 Å². The number of carboxylic acids is 1. The molecule has 3 heteroatoms. The number of hydrogen-bond donors (Lipinski definition) is 1. The van der Waals surface area contributed by atoms with Gasteiger partial charge < -0.3 is 5.11 Å². The molecule has 2 aliphatic carbocycles. The zero-order valence-electron chi connectivity index (χ0n) is 11.5. The van der Waals surface area contributed by atoms with Gasteiger partial charge in [0.15, 0.2) is 5.78 Å². The molecule has 106 valence electrons. The summed E-state index contributed by atoms with van der Waals surface area (Å²) < 4.78 is 0. The number of carbonyl (C=O) groups excluding carboxylic acids is 1. The second-order valence-corrected chi connectivity index (χ2v) is 6.05. The van der Waals surface area contributed by atoms with Crippen molar-refractivity contribution in [3.8, 4) is 0 Å². The molecule has 1 N–H and O–H groups in total. The van der Waals surface area contributed by atoms with Crippen LogP contribution in [-0.2, 0) is 9.59 Å². The van der Waals surface area contributed by atoms with Crippen molar-refractivity contribution in [2.24, 2.45) is 17.8 Å². The molecule has 0 unspecified atom stereocenters. The monoisotopic (exact) mass is 264 g/mol. The largest absolute Gasteiger partial charge is 0.481 e. The highest BCUT2D eigenvalue weighted by Crippen LogP contribution is 2.30. The Morgan fingerprint density at radius 3 is 2.05 bits per heavy atom. The molecule has 0 aromatic carbocycles. The Hall–Kier alpha value is -1.12. The first kappa shape index (κ1) is 14.3. The van der Waals surface area contributed by atoms with E-state index in [1.54, 1.807) is 6.08 Å². The van der Waals surface area contributed by atoms with Crippen molar-refractivity contribution in [3.63, 3.8) is 0 Å². The quantitative estimate of drug-likeness (QED) is 0.789. The molecule has 0 radical (unpaired) electrons. The van der Waals surface area contributed by atoms with Crippen molar-refractivity contribution in [1.29, 1.82) is 0 Å². The van der Waals surface area contributed by atoms with Gasteiger partial charge in [0.05, 0.1) is 5.92 Å². The van der Waals surface area contributed by atoms with Crippen LogP contribution < -0.4 is 0 Å². The average molecular weight is 264 g/mol. The molecular formula is C16H24O3. The fraction of sp³-hybridized carbons (Fsp3) is 0.750. The standard InChI is InChI=1S/C16H24O3/c17-15(13-4-2-1-3-5-13)11-8-12-6-9-14(10-7-12)16(18)19/h8,11-14H,1-7,9-10H2,(H,18,19). The second-order valence-electron chi connectivity index (χ2n) is 6.05. The molecule has 0 atom stereocenters. The second kappa shape index (κ2) is 6.88. The van der Waals surface area contributed by atoms with E-state index in [9.17, 15) is 9.59 Å². The highest BCUT2D eigenvalue weighted by atomic mass is 16.4. The minimum absolute atomic E-state index is 0.168. The SMILES string of the molecule is O=C(O)C1CCC(C=CC(=O)C2CCCCC2)CC1. The van der Waals surface area contributed by atoms with E-state index in [2.05, 4.69) is 0 Å². The first-order valence-electron chi connectivity index (χ1n) is 7.61. The summed E-state index contributed by atoms with van der Waals surface area (Å²) in [4.78, 5) is 22.9. The first-order chi connectivity index (χ1) is 9.16. The predicted molar refractivity (Wildman–Crippen MR) is 73.8 cm³/mol. The summed E-state index contributed by atoms with van der Waals surface area (Å²) in [6, 6.07) is 0. The molecule has 0 saturated heterocycles. The van der Waals surface area contributed by atoms with Gasteiger partial charge in [0.1, 0.15) is 0 Å². The highest BCUT2D eigenvalue weighted by molar-refractivity contribution is 5.91. The molecule has 2 saturated carbocycles. The summed E-state index contributed by atoms with van der Waals surface area (Å²) in [5, 5.41) is 8.94. The number of aliphatic carboxylic acids is 1. The normalized spacial score (nSPS) is 29.5. The van der Waals surface area contributed by atoms with Gasteiger partial charge in [-0.3, -0.25) is 9.59 Å². The minimum Gasteiger partial charge on any atom is -0.481 e. The Labute approximate surface area is 115 Å². The van der Waals surface area contributed by atoms with Crippen LogP contribution in [-0.4, -0.2) is 16.9 Å². The molecular weight excluding hydrogens is 240 g/mol. The van der Waals surface area contributed by atoms with Crippen molar-refractivity contribution in [3.05, 3.63) is 12.2 Å². The third-order valence-corrected chi connectivity index (χ3v) is 4.66. The van der Waals surface area contributed by atoms with E-state index in [0.29, 0.717) is 11.7 Å². The first-order valence-corrected chi connectivity index (χ1v) is 7.61. The van der Waals surface area contributed by atoms with Crippen LogP contribution in [0.15, 0.2) is 12.2 Å². The summed E-state index contributed by atoms with van der Waals surface area (Å²) in [6.07, 6.45) is 12.9. The molecule has 2 fully saturated rings. The van der Waals surface area contributed by atoms with Crippen LogP contribution in [0.3, 0.4) is 0 Å². The maximum atomic E-state index is 12.0. The fourth-order valence-corrected chi connectivity index (χ4v) is 3.31. The Kier molecular flexibility index (Phi) is 5.17. The van der Waals surface area contributed by atoms with Crippen LogP contribution in [0.2, 0.25) is 0 Å². The van der Waals surface area contributed by atoms with E-state index in [-0.39, 0.29) is 11.8 Å². The summed E-state index contributed by atoms with van der Waals surface area (Å²) in [7, 11) is 0. The van der Waals surface area contributed by atoms with E-state index in [0.717, 1.165) is 38.5 Å². The summed E-state index contributed by atoms with van der Waals surface area (Å²) in [5.74, 6) is 0.114. The minimum atomic E-state index is -0.666. The summed E-state index contributed by atoms with van der Waals surface area (Å²) in [6.45, 7) is 0. The lowest BCUT2D eigenvalue weighted by atomic mass is 9.81. The molecule has 2 aliphatic rings. The van der Waals surface area contributed by atoms with Crippen molar-refractivity contribution in [1.82, 2.24) is 0 Å². The van der Waals surface area contributed by atoms with Gasteiger partial charge >= 0.3 is 5.97 Å². The van der Waals surface area contributed by atoms with Gasteiger partial charge in [0.2, 0.25) is 0 Å². The zero-order valence-corrected chi connectivity index (χ0v) is 11.5. The lowest BCUT2D eigenvalue weighted by Gasteiger charge is -2.24. The number of carbonyl (C=O) groups is 2. The third-order valence-electron chi connectivity index (χ3n) is 4.66. The van der Waals surface area contributed by atoms with Crippen LogP contribution in [0.4, 0.5) is 0 Å². The molecule has 0 spiro atoms. The Balaban J connectivity index is 1.76. The number of ketones is 1. The van der Waals surface area contributed by atoms with Crippen molar-refractivity contribution in [2.45, 2.75) is 57.8 Å². The van der Waals surface area contributed by atoms with Crippen molar-refractivity contribution >= 4 is 11.8 Å². The van der Waals surface area contributed by atoms with E-state index >= 15 is 0 Å². The van der Waals surface area contributed by atoms with Gasteiger partial charge in [-0.25, -0.2) is 0 Å². The Morgan fingerprint density at radius 1 is 0.842 bits per heavy atom. The molecule has 0 aromatic heterocycles. The molecule has 0 aromatic rings. The Morgan fingerprint density at radius 2 is 1.47 bits per heavy atom.